The standard InChI is InChI=1S/C27H19N/c1-28-26-14-22-18(10-16-6-2-4-8-20(16)22)12-24(26)25-13-19-11-17-7-3-5-9-21(17)23(19)15-27(25)28/h2-9,12-15H,10-11H2,1H3. The van der Waals surface area contributed by atoms with Crippen molar-refractivity contribution >= 4 is 21.8 Å². The SMILES string of the molecule is Cn1c2cc3c(cc2c2cc4c(cc21)-c1ccccc1C4)Cc1ccccc1-3. The molecule has 2 aliphatic rings. The topological polar surface area (TPSA) is 4.93 Å². The van der Waals surface area contributed by atoms with Crippen molar-refractivity contribution in [3.63, 3.8) is 0 Å². The van der Waals surface area contributed by atoms with Gasteiger partial charge in [-0.1, -0.05) is 48.5 Å². The van der Waals surface area contributed by atoms with Crippen LogP contribution in [0.2, 0.25) is 0 Å². The fourth-order valence-corrected chi connectivity index (χ4v) is 5.46. The molecule has 0 radical (unpaired) electrons. The molecular formula is C27H19N. The van der Waals surface area contributed by atoms with Gasteiger partial charge in [-0.25, -0.2) is 0 Å². The van der Waals surface area contributed by atoms with Gasteiger partial charge < -0.3 is 4.57 Å². The summed E-state index contributed by atoms with van der Waals surface area (Å²) in [4.78, 5) is 0. The molecule has 5 aromatic rings. The third-order valence-electron chi connectivity index (χ3n) is 6.83. The number of hydrogen-bond donors (Lipinski definition) is 0. The first kappa shape index (κ1) is 14.7. The van der Waals surface area contributed by atoms with Gasteiger partial charge in [-0.15, -0.1) is 0 Å². The second-order valence-electron chi connectivity index (χ2n) is 8.28. The zero-order valence-corrected chi connectivity index (χ0v) is 15.8. The van der Waals surface area contributed by atoms with Crippen LogP contribution in [0.5, 0.6) is 0 Å². The number of rotatable bonds is 0. The normalized spacial score (nSPS) is 13.6. The van der Waals surface area contributed by atoms with Gasteiger partial charge in [-0.3, -0.25) is 0 Å². The molecule has 4 aromatic carbocycles. The van der Waals surface area contributed by atoms with E-state index >= 15 is 0 Å². The molecule has 0 bridgehead atoms. The maximum Gasteiger partial charge on any atom is 0.0495 e. The van der Waals surface area contributed by atoms with E-state index in [0.29, 0.717) is 0 Å². The summed E-state index contributed by atoms with van der Waals surface area (Å²) in [7, 11) is 2.21. The van der Waals surface area contributed by atoms with Crippen LogP contribution in [0.4, 0.5) is 0 Å². The molecule has 0 atom stereocenters. The van der Waals surface area contributed by atoms with E-state index in [2.05, 4.69) is 84.4 Å². The van der Waals surface area contributed by atoms with Crippen molar-refractivity contribution in [1.82, 2.24) is 4.57 Å². The minimum absolute atomic E-state index is 1.05. The first-order chi connectivity index (χ1) is 13.8. The molecule has 1 nitrogen and oxygen atoms in total. The molecule has 0 fully saturated rings. The lowest BCUT2D eigenvalue weighted by Gasteiger charge is -2.04. The fraction of sp³-hybridized carbons (Fsp3) is 0.111. The second kappa shape index (κ2) is 4.94. The number of nitrogens with zero attached hydrogens (tertiary/aromatic N) is 1. The van der Waals surface area contributed by atoms with E-state index < -0.39 is 0 Å². The zero-order valence-electron chi connectivity index (χ0n) is 15.8. The lowest BCUT2D eigenvalue weighted by molar-refractivity contribution is 1.01. The summed E-state index contributed by atoms with van der Waals surface area (Å²) in [6, 6.07) is 27.4. The molecule has 132 valence electrons. The molecule has 0 amide bonds. The van der Waals surface area contributed by atoms with Crippen LogP contribution >= 0.6 is 0 Å². The summed E-state index contributed by atoms with van der Waals surface area (Å²) in [6.45, 7) is 0. The second-order valence-corrected chi connectivity index (χ2v) is 8.28. The van der Waals surface area contributed by atoms with Gasteiger partial charge in [0.1, 0.15) is 0 Å². The Morgan fingerprint density at radius 3 is 1.50 bits per heavy atom. The largest absolute Gasteiger partial charge is 0.344 e. The van der Waals surface area contributed by atoms with E-state index in [4.69, 9.17) is 0 Å². The fourth-order valence-electron chi connectivity index (χ4n) is 5.46. The van der Waals surface area contributed by atoms with Crippen molar-refractivity contribution in [2.75, 3.05) is 0 Å². The molecule has 28 heavy (non-hydrogen) atoms. The highest BCUT2D eigenvalue weighted by Crippen LogP contribution is 2.44. The Morgan fingerprint density at radius 1 is 0.536 bits per heavy atom. The molecule has 0 unspecified atom stereocenters. The first-order valence-corrected chi connectivity index (χ1v) is 10.0. The van der Waals surface area contributed by atoms with E-state index in [-0.39, 0.29) is 0 Å². The highest BCUT2D eigenvalue weighted by molar-refractivity contribution is 6.11. The third kappa shape index (κ3) is 1.72. The predicted octanol–water partition coefficient (Wildman–Crippen LogP) is 6.47. The minimum atomic E-state index is 1.05. The molecule has 1 aromatic heterocycles. The summed E-state index contributed by atoms with van der Waals surface area (Å²) < 4.78 is 2.38. The summed E-state index contributed by atoms with van der Waals surface area (Å²) in [5.74, 6) is 0. The van der Waals surface area contributed by atoms with Crippen LogP contribution in [-0.2, 0) is 19.9 Å². The van der Waals surface area contributed by atoms with Crippen molar-refractivity contribution in [2.45, 2.75) is 12.8 Å². The third-order valence-corrected chi connectivity index (χ3v) is 6.83. The van der Waals surface area contributed by atoms with Gasteiger partial charge >= 0.3 is 0 Å². The predicted molar refractivity (Wildman–Crippen MR) is 117 cm³/mol. The van der Waals surface area contributed by atoms with Crippen molar-refractivity contribution in [3.8, 4) is 22.3 Å². The molecule has 7 rings (SSSR count). The zero-order chi connectivity index (χ0) is 18.4. The van der Waals surface area contributed by atoms with Crippen LogP contribution in [0.15, 0.2) is 72.8 Å². The molecule has 0 saturated carbocycles. The molecule has 0 N–H and O–H groups in total. The van der Waals surface area contributed by atoms with Gasteiger partial charge in [0.25, 0.3) is 0 Å². The van der Waals surface area contributed by atoms with Crippen LogP contribution in [0.3, 0.4) is 0 Å². The first-order valence-electron chi connectivity index (χ1n) is 10.0. The van der Waals surface area contributed by atoms with Gasteiger partial charge in [-0.05, 0) is 81.6 Å². The number of fused-ring (bicyclic) bond motifs is 9. The van der Waals surface area contributed by atoms with Crippen molar-refractivity contribution in [1.29, 1.82) is 0 Å². The summed E-state index contributed by atoms with van der Waals surface area (Å²) in [5, 5.41) is 2.78. The number of hydrogen-bond acceptors (Lipinski definition) is 0. The van der Waals surface area contributed by atoms with Crippen molar-refractivity contribution in [2.24, 2.45) is 7.05 Å². The van der Waals surface area contributed by atoms with E-state index in [1.54, 1.807) is 0 Å². The Hall–Kier alpha value is -3.32. The van der Waals surface area contributed by atoms with Crippen LogP contribution in [0.1, 0.15) is 22.3 Å². The summed E-state index contributed by atoms with van der Waals surface area (Å²) in [5.41, 5.74) is 14.1. The van der Waals surface area contributed by atoms with E-state index in [0.717, 1.165) is 12.8 Å². The highest BCUT2D eigenvalue weighted by Gasteiger charge is 2.23. The van der Waals surface area contributed by atoms with E-state index in [1.165, 1.54) is 66.3 Å². The van der Waals surface area contributed by atoms with Gasteiger partial charge in [-0.2, -0.15) is 0 Å². The Kier molecular flexibility index (Phi) is 2.59. The smallest absolute Gasteiger partial charge is 0.0495 e. The van der Waals surface area contributed by atoms with Gasteiger partial charge in [0.2, 0.25) is 0 Å². The van der Waals surface area contributed by atoms with Crippen LogP contribution in [0.25, 0.3) is 44.1 Å². The Bertz CT molecular complexity index is 1350. The van der Waals surface area contributed by atoms with Gasteiger partial charge in [0.15, 0.2) is 0 Å². The maximum atomic E-state index is 2.45. The summed E-state index contributed by atoms with van der Waals surface area (Å²) in [6.07, 6.45) is 2.10. The average Bonchev–Trinajstić information content (AvgIpc) is 3.35. The average molecular weight is 357 g/mol. The van der Waals surface area contributed by atoms with E-state index in [9.17, 15) is 0 Å². The highest BCUT2D eigenvalue weighted by atomic mass is 14.9. The molecule has 1 heteroatoms. The molecular weight excluding hydrogens is 338 g/mol. The monoisotopic (exact) mass is 357 g/mol. The number of benzene rings is 4. The van der Waals surface area contributed by atoms with Crippen LogP contribution in [-0.4, -0.2) is 4.57 Å². The Balaban J connectivity index is 1.54. The molecule has 0 aliphatic heterocycles. The lowest BCUT2D eigenvalue weighted by Crippen LogP contribution is -1.88. The minimum Gasteiger partial charge on any atom is -0.344 e. The van der Waals surface area contributed by atoms with Crippen LogP contribution in [0, 0.1) is 0 Å². The molecule has 2 aliphatic carbocycles. The van der Waals surface area contributed by atoms with Crippen molar-refractivity contribution in [3.05, 3.63) is 95.1 Å². The lowest BCUT2D eigenvalue weighted by atomic mass is 10.0. The Morgan fingerprint density at radius 2 is 1.00 bits per heavy atom. The van der Waals surface area contributed by atoms with Crippen molar-refractivity contribution < 1.29 is 0 Å². The molecule has 0 saturated heterocycles. The maximum absolute atomic E-state index is 2.45. The quantitative estimate of drug-likeness (QED) is 0.293. The Labute approximate surface area is 163 Å². The van der Waals surface area contributed by atoms with Gasteiger partial charge in [0, 0.05) is 28.9 Å². The van der Waals surface area contributed by atoms with Gasteiger partial charge in [0.05, 0.1) is 0 Å². The molecule has 1 heterocycles. The van der Waals surface area contributed by atoms with Crippen LogP contribution < -0.4 is 0 Å². The number of aryl methyl sites for hydroxylation is 1. The molecule has 0 spiro atoms. The summed E-state index contributed by atoms with van der Waals surface area (Å²) >= 11 is 0. The van der Waals surface area contributed by atoms with E-state index in [1.807, 2.05) is 0 Å². The number of aromatic nitrogens is 1.